The van der Waals surface area contributed by atoms with Gasteiger partial charge in [0, 0.05) is 0 Å². The van der Waals surface area contributed by atoms with Crippen molar-refractivity contribution in [3.63, 3.8) is 0 Å². The monoisotopic (exact) mass is 336 g/mol. The smallest absolute Gasteiger partial charge is 0.133 e. The van der Waals surface area contributed by atoms with Crippen molar-refractivity contribution >= 4 is 15.9 Å². The van der Waals surface area contributed by atoms with E-state index in [9.17, 15) is 5.11 Å². The van der Waals surface area contributed by atoms with Crippen molar-refractivity contribution in [2.45, 2.75) is 19.6 Å². The van der Waals surface area contributed by atoms with E-state index >= 15 is 0 Å². The Bertz CT molecular complexity index is 582. The number of rotatable bonds is 5. The molecule has 0 aromatic heterocycles. The van der Waals surface area contributed by atoms with Crippen molar-refractivity contribution in [1.29, 1.82) is 0 Å². The van der Waals surface area contributed by atoms with Crippen LogP contribution >= 0.6 is 15.9 Å². The SMILES string of the molecule is COc1ccc(COc2cccc([C@H](C)O)c2)cc1Br. The zero-order valence-corrected chi connectivity index (χ0v) is 13.1. The highest BCUT2D eigenvalue weighted by molar-refractivity contribution is 9.10. The molecule has 0 unspecified atom stereocenters. The molecular weight excluding hydrogens is 320 g/mol. The van der Waals surface area contributed by atoms with Gasteiger partial charge in [-0.05, 0) is 58.2 Å². The molecule has 0 heterocycles. The number of aliphatic hydroxyl groups excluding tert-OH is 1. The molecule has 2 rings (SSSR count). The van der Waals surface area contributed by atoms with Crippen LogP contribution in [0.1, 0.15) is 24.2 Å². The predicted octanol–water partition coefficient (Wildman–Crippen LogP) is 4.09. The van der Waals surface area contributed by atoms with Crippen LogP contribution in [0.15, 0.2) is 46.9 Å². The average Bonchev–Trinajstić information content (AvgIpc) is 2.45. The summed E-state index contributed by atoms with van der Waals surface area (Å²) in [7, 11) is 1.64. The summed E-state index contributed by atoms with van der Waals surface area (Å²) in [6.45, 7) is 2.20. The van der Waals surface area contributed by atoms with E-state index in [0.717, 1.165) is 27.1 Å². The minimum absolute atomic E-state index is 0.464. The highest BCUT2D eigenvalue weighted by Gasteiger charge is 2.04. The van der Waals surface area contributed by atoms with E-state index in [1.807, 2.05) is 42.5 Å². The van der Waals surface area contributed by atoms with Crippen molar-refractivity contribution < 1.29 is 14.6 Å². The van der Waals surface area contributed by atoms with Crippen LogP contribution < -0.4 is 9.47 Å². The van der Waals surface area contributed by atoms with Gasteiger partial charge in [-0.1, -0.05) is 18.2 Å². The van der Waals surface area contributed by atoms with Gasteiger partial charge >= 0.3 is 0 Å². The van der Waals surface area contributed by atoms with Gasteiger partial charge in [-0.2, -0.15) is 0 Å². The lowest BCUT2D eigenvalue weighted by Gasteiger charge is -2.10. The minimum Gasteiger partial charge on any atom is -0.496 e. The van der Waals surface area contributed by atoms with E-state index in [1.165, 1.54) is 0 Å². The molecule has 0 bridgehead atoms. The summed E-state index contributed by atoms with van der Waals surface area (Å²) < 4.78 is 11.8. The maximum atomic E-state index is 9.55. The summed E-state index contributed by atoms with van der Waals surface area (Å²) in [4.78, 5) is 0. The van der Waals surface area contributed by atoms with E-state index in [2.05, 4.69) is 15.9 Å². The maximum Gasteiger partial charge on any atom is 0.133 e. The van der Waals surface area contributed by atoms with Crippen LogP contribution in [0.4, 0.5) is 0 Å². The van der Waals surface area contributed by atoms with Crippen molar-refractivity contribution in [2.24, 2.45) is 0 Å². The Kier molecular flexibility index (Phi) is 5.04. The molecule has 2 aromatic rings. The van der Waals surface area contributed by atoms with Crippen LogP contribution in [-0.2, 0) is 6.61 Å². The maximum absolute atomic E-state index is 9.55. The Morgan fingerprint density at radius 3 is 2.65 bits per heavy atom. The molecule has 3 nitrogen and oxygen atoms in total. The van der Waals surface area contributed by atoms with Crippen LogP contribution in [0.25, 0.3) is 0 Å². The Morgan fingerprint density at radius 2 is 2.00 bits per heavy atom. The summed E-state index contributed by atoms with van der Waals surface area (Å²) in [6.07, 6.45) is -0.492. The lowest BCUT2D eigenvalue weighted by molar-refractivity contribution is 0.198. The fourth-order valence-corrected chi connectivity index (χ4v) is 2.42. The highest BCUT2D eigenvalue weighted by atomic mass is 79.9. The summed E-state index contributed by atoms with van der Waals surface area (Å²) in [6, 6.07) is 13.3. The number of hydrogen-bond acceptors (Lipinski definition) is 3. The molecular formula is C16H17BrO3. The fraction of sp³-hybridized carbons (Fsp3) is 0.250. The van der Waals surface area contributed by atoms with Crippen molar-refractivity contribution in [3.05, 3.63) is 58.1 Å². The number of benzene rings is 2. The van der Waals surface area contributed by atoms with Crippen LogP contribution in [0.3, 0.4) is 0 Å². The molecule has 1 atom stereocenters. The third-order valence-corrected chi connectivity index (χ3v) is 3.58. The van der Waals surface area contributed by atoms with Crippen LogP contribution in [0.2, 0.25) is 0 Å². The van der Waals surface area contributed by atoms with Gasteiger partial charge in [0.05, 0.1) is 17.7 Å². The normalized spacial score (nSPS) is 12.0. The standard InChI is InChI=1S/C16H17BrO3/c1-11(18)13-4-3-5-14(9-13)20-10-12-6-7-16(19-2)15(17)8-12/h3-9,11,18H,10H2,1-2H3/t11-/m0/s1. The van der Waals surface area contributed by atoms with E-state index in [1.54, 1.807) is 14.0 Å². The van der Waals surface area contributed by atoms with Gasteiger partial charge in [0.1, 0.15) is 18.1 Å². The van der Waals surface area contributed by atoms with Crippen molar-refractivity contribution in [2.75, 3.05) is 7.11 Å². The Labute approximate surface area is 127 Å². The fourth-order valence-electron chi connectivity index (χ4n) is 1.83. The zero-order valence-electron chi connectivity index (χ0n) is 11.5. The number of methoxy groups -OCH3 is 1. The number of hydrogen-bond donors (Lipinski definition) is 1. The van der Waals surface area contributed by atoms with Gasteiger partial charge in [-0.3, -0.25) is 0 Å². The van der Waals surface area contributed by atoms with E-state index in [0.29, 0.717) is 6.61 Å². The molecule has 0 saturated heterocycles. The molecule has 0 amide bonds. The molecule has 0 aliphatic heterocycles. The van der Waals surface area contributed by atoms with Crippen LogP contribution in [-0.4, -0.2) is 12.2 Å². The molecule has 106 valence electrons. The lowest BCUT2D eigenvalue weighted by Crippen LogP contribution is -1.98. The molecule has 0 spiro atoms. The number of ether oxygens (including phenoxy) is 2. The van der Waals surface area contributed by atoms with Crippen molar-refractivity contribution in [1.82, 2.24) is 0 Å². The van der Waals surface area contributed by atoms with E-state index in [4.69, 9.17) is 9.47 Å². The lowest BCUT2D eigenvalue weighted by atomic mass is 10.1. The third-order valence-electron chi connectivity index (χ3n) is 2.96. The number of halogens is 1. The van der Waals surface area contributed by atoms with E-state index in [-0.39, 0.29) is 0 Å². The molecule has 0 fully saturated rings. The molecule has 0 aliphatic rings. The first-order valence-corrected chi connectivity index (χ1v) is 7.12. The predicted molar refractivity (Wildman–Crippen MR) is 82.1 cm³/mol. The largest absolute Gasteiger partial charge is 0.496 e. The minimum atomic E-state index is -0.492. The summed E-state index contributed by atoms with van der Waals surface area (Å²) in [5.74, 6) is 1.54. The molecule has 4 heteroatoms. The zero-order chi connectivity index (χ0) is 14.5. The first kappa shape index (κ1) is 14.9. The summed E-state index contributed by atoms with van der Waals surface area (Å²) in [5, 5.41) is 9.55. The van der Waals surface area contributed by atoms with Crippen LogP contribution in [0, 0.1) is 0 Å². The third kappa shape index (κ3) is 3.74. The van der Waals surface area contributed by atoms with Crippen molar-refractivity contribution in [3.8, 4) is 11.5 Å². The molecule has 0 aliphatic carbocycles. The quantitative estimate of drug-likeness (QED) is 0.893. The molecule has 0 radical (unpaired) electrons. The van der Waals surface area contributed by atoms with Gasteiger partial charge < -0.3 is 14.6 Å². The van der Waals surface area contributed by atoms with Gasteiger partial charge in [-0.25, -0.2) is 0 Å². The van der Waals surface area contributed by atoms with Gasteiger partial charge in [0.15, 0.2) is 0 Å². The average molecular weight is 337 g/mol. The van der Waals surface area contributed by atoms with Gasteiger partial charge in [0.25, 0.3) is 0 Å². The Hall–Kier alpha value is -1.52. The topological polar surface area (TPSA) is 38.7 Å². The first-order valence-electron chi connectivity index (χ1n) is 6.33. The second kappa shape index (κ2) is 6.77. The van der Waals surface area contributed by atoms with Gasteiger partial charge in [-0.15, -0.1) is 0 Å². The first-order chi connectivity index (χ1) is 9.60. The molecule has 20 heavy (non-hydrogen) atoms. The summed E-state index contributed by atoms with van der Waals surface area (Å²) >= 11 is 3.45. The second-order valence-electron chi connectivity index (χ2n) is 4.51. The molecule has 2 aromatic carbocycles. The molecule has 1 N–H and O–H groups in total. The van der Waals surface area contributed by atoms with Gasteiger partial charge in [0.2, 0.25) is 0 Å². The summed E-state index contributed by atoms with van der Waals surface area (Å²) in [5.41, 5.74) is 1.89. The Morgan fingerprint density at radius 1 is 1.20 bits per heavy atom. The molecule has 0 saturated carbocycles. The number of aliphatic hydroxyl groups is 1. The second-order valence-corrected chi connectivity index (χ2v) is 5.36. The Balaban J connectivity index is 2.05. The highest BCUT2D eigenvalue weighted by Crippen LogP contribution is 2.26. The van der Waals surface area contributed by atoms with E-state index < -0.39 is 6.10 Å². The van der Waals surface area contributed by atoms with Crippen LogP contribution in [0.5, 0.6) is 11.5 Å².